The molecule has 0 aromatic carbocycles. The van der Waals surface area contributed by atoms with Gasteiger partial charge in [0, 0.05) is 18.5 Å². The van der Waals surface area contributed by atoms with E-state index in [1.165, 1.54) is 11.3 Å². The molecule has 1 rings (SSSR count). The Morgan fingerprint density at radius 3 is 2.67 bits per heavy atom. The van der Waals surface area contributed by atoms with Crippen LogP contribution < -0.4 is 4.90 Å². The van der Waals surface area contributed by atoms with E-state index in [1.807, 2.05) is 7.05 Å². The first-order chi connectivity index (χ1) is 8.27. The van der Waals surface area contributed by atoms with Crippen LogP contribution in [0.15, 0.2) is 5.38 Å². The third-order valence-electron chi connectivity index (χ3n) is 3.11. The summed E-state index contributed by atoms with van der Waals surface area (Å²) in [6, 6.07) is 0.332. The fourth-order valence-electron chi connectivity index (χ4n) is 1.47. The summed E-state index contributed by atoms with van der Waals surface area (Å²) in [5, 5.41) is 2.60. The molecule has 0 saturated heterocycles. The van der Waals surface area contributed by atoms with E-state index in [0.717, 1.165) is 5.13 Å². The zero-order valence-electron chi connectivity index (χ0n) is 12.0. The molecule has 1 aromatic rings. The van der Waals surface area contributed by atoms with Gasteiger partial charge in [-0.15, -0.1) is 11.3 Å². The number of thiazole rings is 1. The Labute approximate surface area is 113 Å². The summed E-state index contributed by atoms with van der Waals surface area (Å²) in [6.45, 7) is 10.9. The molecular formula is C13H22N2O2S. The summed E-state index contributed by atoms with van der Waals surface area (Å²) in [7, 11) is 2.00. The number of anilines is 1. The Balaban J connectivity index is 2.83. The van der Waals surface area contributed by atoms with Crippen LogP contribution in [0.1, 0.15) is 45.1 Å². The van der Waals surface area contributed by atoms with Crippen molar-refractivity contribution in [1.82, 2.24) is 4.98 Å². The van der Waals surface area contributed by atoms with Crippen molar-refractivity contribution in [2.75, 3.05) is 18.6 Å². The second-order valence-electron chi connectivity index (χ2n) is 5.39. The summed E-state index contributed by atoms with van der Waals surface area (Å²) >= 11 is 1.47. The minimum atomic E-state index is -0.350. The second kappa shape index (κ2) is 5.69. The van der Waals surface area contributed by atoms with Gasteiger partial charge >= 0.3 is 5.97 Å². The van der Waals surface area contributed by atoms with Gasteiger partial charge in [-0.05, 0) is 19.3 Å². The average Bonchev–Trinajstić information content (AvgIpc) is 2.75. The van der Waals surface area contributed by atoms with Gasteiger partial charge in [0.05, 0.1) is 6.61 Å². The standard InChI is InChI=1S/C13H22N2O2S/c1-7-17-11(16)10-8-18-12(14-10)15(6)9(2)13(3,4)5/h8-9H,7H2,1-6H3. The van der Waals surface area contributed by atoms with Gasteiger partial charge in [0.15, 0.2) is 10.8 Å². The van der Waals surface area contributed by atoms with Gasteiger partial charge in [-0.2, -0.15) is 0 Å². The highest BCUT2D eigenvalue weighted by molar-refractivity contribution is 7.13. The largest absolute Gasteiger partial charge is 0.461 e. The third kappa shape index (κ3) is 3.45. The Morgan fingerprint density at radius 1 is 1.56 bits per heavy atom. The maximum Gasteiger partial charge on any atom is 0.357 e. The number of rotatable bonds is 4. The fourth-order valence-corrected chi connectivity index (χ4v) is 2.31. The number of carbonyl (C=O) groups excluding carboxylic acids is 1. The first-order valence-electron chi connectivity index (χ1n) is 6.12. The molecule has 0 aliphatic carbocycles. The van der Waals surface area contributed by atoms with E-state index in [1.54, 1.807) is 12.3 Å². The van der Waals surface area contributed by atoms with E-state index < -0.39 is 0 Å². The van der Waals surface area contributed by atoms with Crippen LogP contribution in [0, 0.1) is 5.41 Å². The highest BCUT2D eigenvalue weighted by atomic mass is 32.1. The van der Waals surface area contributed by atoms with E-state index >= 15 is 0 Å². The summed E-state index contributed by atoms with van der Waals surface area (Å²) in [4.78, 5) is 18.0. The molecule has 0 spiro atoms. The number of esters is 1. The van der Waals surface area contributed by atoms with E-state index in [4.69, 9.17) is 4.74 Å². The molecule has 0 radical (unpaired) electrons. The molecule has 0 aliphatic rings. The van der Waals surface area contributed by atoms with Crippen LogP contribution in [0.3, 0.4) is 0 Å². The molecule has 0 fully saturated rings. The molecule has 1 unspecified atom stereocenters. The van der Waals surface area contributed by atoms with Crippen molar-refractivity contribution in [3.63, 3.8) is 0 Å². The summed E-state index contributed by atoms with van der Waals surface area (Å²) in [5.74, 6) is -0.350. The molecule has 4 nitrogen and oxygen atoms in total. The maximum absolute atomic E-state index is 11.6. The van der Waals surface area contributed by atoms with E-state index in [0.29, 0.717) is 18.3 Å². The Morgan fingerprint density at radius 2 is 2.17 bits per heavy atom. The Kier molecular flexibility index (Phi) is 4.73. The molecule has 0 amide bonds. The highest BCUT2D eigenvalue weighted by Crippen LogP contribution is 2.29. The number of aromatic nitrogens is 1. The second-order valence-corrected chi connectivity index (χ2v) is 6.23. The summed E-state index contributed by atoms with van der Waals surface area (Å²) < 4.78 is 4.94. The van der Waals surface area contributed by atoms with Gasteiger partial charge in [0.2, 0.25) is 0 Å². The molecule has 0 aliphatic heterocycles. The van der Waals surface area contributed by atoms with Crippen molar-refractivity contribution in [2.24, 2.45) is 5.41 Å². The molecule has 5 heteroatoms. The molecule has 1 heterocycles. The first-order valence-corrected chi connectivity index (χ1v) is 7.00. The van der Waals surface area contributed by atoms with Crippen LogP contribution in [-0.2, 0) is 4.74 Å². The van der Waals surface area contributed by atoms with Crippen molar-refractivity contribution in [3.8, 4) is 0 Å². The zero-order valence-corrected chi connectivity index (χ0v) is 12.8. The van der Waals surface area contributed by atoms with Gasteiger partial charge in [0.25, 0.3) is 0 Å². The minimum Gasteiger partial charge on any atom is -0.461 e. The maximum atomic E-state index is 11.6. The van der Waals surface area contributed by atoms with Crippen molar-refractivity contribution < 1.29 is 9.53 Å². The van der Waals surface area contributed by atoms with Crippen LogP contribution in [0.25, 0.3) is 0 Å². The minimum absolute atomic E-state index is 0.157. The lowest BCUT2D eigenvalue weighted by molar-refractivity contribution is 0.0520. The van der Waals surface area contributed by atoms with Crippen molar-refractivity contribution in [1.29, 1.82) is 0 Å². The quantitative estimate of drug-likeness (QED) is 0.788. The number of nitrogens with zero attached hydrogens (tertiary/aromatic N) is 2. The highest BCUT2D eigenvalue weighted by Gasteiger charge is 2.26. The van der Waals surface area contributed by atoms with Crippen molar-refractivity contribution >= 4 is 22.4 Å². The Hall–Kier alpha value is -1.10. The van der Waals surface area contributed by atoms with Crippen LogP contribution in [0.5, 0.6) is 0 Å². The normalized spacial score (nSPS) is 13.2. The monoisotopic (exact) mass is 270 g/mol. The molecular weight excluding hydrogens is 248 g/mol. The topological polar surface area (TPSA) is 42.4 Å². The number of hydrogen-bond acceptors (Lipinski definition) is 5. The zero-order chi connectivity index (χ0) is 13.9. The fraction of sp³-hybridized carbons (Fsp3) is 0.692. The van der Waals surface area contributed by atoms with Crippen molar-refractivity contribution in [2.45, 2.75) is 40.7 Å². The van der Waals surface area contributed by atoms with Crippen molar-refractivity contribution in [3.05, 3.63) is 11.1 Å². The average molecular weight is 270 g/mol. The van der Waals surface area contributed by atoms with Gasteiger partial charge in [-0.3, -0.25) is 0 Å². The lowest BCUT2D eigenvalue weighted by Gasteiger charge is -2.35. The van der Waals surface area contributed by atoms with Gasteiger partial charge in [-0.25, -0.2) is 9.78 Å². The molecule has 0 N–H and O–H groups in total. The molecule has 1 atom stereocenters. The van der Waals surface area contributed by atoms with Gasteiger partial charge < -0.3 is 9.64 Å². The number of ether oxygens (including phenoxy) is 1. The van der Waals surface area contributed by atoms with Crippen LogP contribution in [0.2, 0.25) is 0 Å². The summed E-state index contributed by atoms with van der Waals surface area (Å²) in [5.41, 5.74) is 0.551. The molecule has 0 saturated carbocycles. The predicted molar refractivity (Wildman–Crippen MR) is 75.4 cm³/mol. The van der Waals surface area contributed by atoms with Crippen LogP contribution in [0.4, 0.5) is 5.13 Å². The molecule has 18 heavy (non-hydrogen) atoms. The molecule has 1 aromatic heterocycles. The van der Waals surface area contributed by atoms with E-state index in [2.05, 4.69) is 37.6 Å². The van der Waals surface area contributed by atoms with Gasteiger partial charge in [-0.1, -0.05) is 20.8 Å². The van der Waals surface area contributed by atoms with E-state index in [-0.39, 0.29) is 11.4 Å². The number of hydrogen-bond donors (Lipinski definition) is 0. The molecule has 0 bridgehead atoms. The van der Waals surface area contributed by atoms with Gasteiger partial charge in [0.1, 0.15) is 0 Å². The van der Waals surface area contributed by atoms with Crippen LogP contribution in [-0.4, -0.2) is 30.6 Å². The first kappa shape index (κ1) is 15.0. The van der Waals surface area contributed by atoms with E-state index in [9.17, 15) is 4.79 Å². The number of carbonyl (C=O) groups is 1. The lowest BCUT2D eigenvalue weighted by Crippen LogP contribution is -2.39. The summed E-state index contributed by atoms with van der Waals surface area (Å²) in [6.07, 6.45) is 0. The predicted octanol–water partition coefficient (Wildman–Crippen LogP) is 3.19. The third-order valence-corrected chi connectivity index (χ3v) is 4.04. The molecule has 102 valence electrons. The Bertz CT molecular complexity index is 409. The SMILES string of the molecule is CCOC(=O)c1csc(N(C)C(C)C(C)(C)C)n1. The van der Waals surface area contributed by atoms with Crippen LogP contribution >= 0.6 is 11.3 Å². The lowest BCUT2D eigenvalue weighted by atomic mass is 9.87. The smallest absolute Gasteiger partial charge is 0.357 e.